The molecule has 1 unspecified atom stereocenters. The number of aliphatic carboxylic acids is 1. The summed E-state index contributed by atoms with van der Waals surface area (Å²) in [6, 6.07) is 0. The Morgan fingerprint density at radius 1 is 1.69 bits per heavy atom. The molecule has 1 aromatic heterocycles. The Labute approximate surface area is 99.3 Å². The molecule has 0 aliphatic rings. The summed E-state index contributed by atoms with van der Waals surface area (Å²) in [5.41, 5.74) is 2.81. The molecule has 0 aliphatic carbocycles. The van der Waals surface area contributed by atoms with Gasteiger partial charge in [-0.25, -0.2) is 9.78 Å². The molecule has 16 heavy (non-hydrogen) atoms. The minimum absolute atomic E-state index is 0.444. The summed E-state index contributed by atoms with van der Waals surface area (Å²) in [5, 5.41) is 8.88. The van der Waals surface area contributed by atoms with Crippen LogP contribution in [0.5, 0.6) is 0 Å². The van der Waals surface area contributed by atoms with Crippen molar-refractivity contribution in [3.8, 4) is 0 Å². The third-order valence-electron chi connectivity index (χ3n) is 2.32. The van der Waals surface area contributed by atoms with Gasteiger partial charge in [-0.1, -0.05) is 13.3 Å². The van der Waals surface area contributed by atoms with Crippen LogP contribution in [0.2, 0.25) is 0 Å². The molecule has 1 atom stereocenters. The summed E-state index contributed by atoms with van der Waals surface area (Å²) in [6.07, 6.45) is 1.45. The van der Waals surface area contributed by atoms with Crippen LogP contribution >= 0.6 is 11.3 Å². The van der Waals surface area contributed by atoms with E-state index in [1.807, 2.05) is 13.8 Å². The lowest BCUT2D eigenvalue weighted by Gasteiger charge is -2.12. The zero-order valence-corrected chi connectivity index (χ0v) is 10.4. The third kappa shape index (κ3) is 3.90. The van der Waals surface area contributed by atoms with Gasteiger partial charge in [0.15, 0.2) is 6.10 Å². The molecule has 4 nitrogen and oxygen atoms in total. The Bertz CT molecular complexity index is 338. The van der Waals surface area contributed by atoms with Gasteiger partial charge in [0.2, 0.25) is 0 Å². The van der Waals surface area contributed by atoms with Crippen molar-refractivity contribution < 1.29 is 14.6 Å². The Hall–Kier alpha value is -0.940. The molecule has 0 saturated carbocycles. The molecule has 5 heteroatoms. The second-order valence-electron chi connectivity index (χ2n) is 3.60. The fraction of sp³-hybridized carbons (Fsp3) is 0.636. The first kappa shape index (κ1) is 13.1. The van der Waals surface area contributed by atoms with Crippen molar-refractivity contribution >= 4 is 17.3 Å². The van der Waals surface area contributed by atoms with Crippen molar-refractivity contribution in [3.63, 3.8) is 0 Å². The van der Waals surface area contributed by atoms with Gasteiger partial charge in [0, 0.05) is 11.3 Å². The van der Waals surface area contributed by atoms with Crippen LogP contribution in [0.1, 0.15) is 30.3 Å². The highest BCUT2D eigenvalue weighted by Gasteiger charge is 2.16. The summed E-state index contributed by atoms with van der Waals surface area (Å²) in [7, 11) is 0. The Kier molecular flexibility index (Phi) is 5.42. The Balaban J connectivity index is 2.33. The minimum atomic E-state index is -0.872. The normalized spacial score (nSPS) is 12.6. The number of rotatable bonds is 7. The number of ether oxygens (including phenoxy) is 1. The van der Waals surface area contributed by atoms with Gasteiger partial charge in [-0.05, 0) is 13.3 Å². The van der Waals surface area contributed by atoms with E-state index in [1.165, 1.54) is 4.88 Å². The lowest BCUT2D eigenvalue weighted by atomic mass is 10.2. The molecule has 1 heterocycles. The van der Waals surface area contributed by atoms with Gasteiger partial charge in [-0.2, -0.15) is 0 Å². The second-order valence-corrected chi connectivity index (χ2v) is 4.54. The highest BCUT2D eigenvalue weighted by Crippen LogP contribution is 2.13. The van der Waals surface area contributed by atoms with E-state index in [0.29, 0.717) is 13.0 Å². The molecular weight excluding hydrogens is 226 g/mol. The number of aryl methyl sites for hydroxylation is 1. The van der Waals surface area contributed by atoms with Gasteiger partial charge in [0.1, 0.15) is 0 Å². The molecule has 1 N–H and O–H groups in total. The van der Waals surface area contributed by atoms with Gasteiger partial charge in [-0.3, -0.25) is 0 Å². The van der Waals surface area contributed by atoms with E-state index < -0.39 is 12.1 Å². The number of carboxylic acid groups (broad SMARTS) is 1. The number of hydrogen-bond donors (Lipinski definition) is 1. The van der Waals surface area contributed by atoms with E-state index in [2.05, 4.69) is 4.98 Å². The van der Waals surface area contributed by atoms with E-state index in [4.69, 9.17) is 9.84 Å². The number of carboxylic acids is 1. The van der Waals surface area contributed by atoms with Crippen LogP contribution in [0, 0.1) is 6.92 Å². The summed E-state index contributed by atoms with van der Waals surface area (Å²) < 4.78 is 5.35. The first-order valence-electron chi connectivity index (χ1n) is 5.38. The van der Waals surface area contributed by atoms with Gasteiger partial charge in [0.25, 0.3) is 0 Å². The van der Waals surface area contributed by atoms with Crippen LogP contribution in [0.15, 0.2) is 5.51 Å². The first-order chi connectivity index (χ1) is 7.65. The maximum absolute atomic E-state index is 10.8. The van der Waals surface area contributed by atoms with Crippen molar-refractivity contribution in [1.82, 2.24) is 4.98 Å². The van der Waals surface area contributed by atoms with Gasteiger partial charge < -0.3 is 9.84 Å². The van der Waals surface area contributed by atoms with E-state index >= 15 is 0 Å². The van der Waals surface area contributed by atoms with Gasteiger partial charge in [-0.15, -0.1) is 11.3 Å². The summed E-state index contributed by atoms with van der Waals surface area (Å²) in [4.78, 5) is 16.1. The smallest absolute Gasteiger partial charge is 0.332 e. The van der Waals surface area contributed by atoms with E-state index in [0.717, 1.165) is 18.5 Å². The largest absolute Gasteiger partial charge is 0.479 e. The number of thiazole rings is 1. The van der Waals surface area contributed by atoms with Crippen molar-refractivity contribution in [1.29, 1.82) is 0 Å². The van der Waals surface area contributed by atoms with Crippen molar-refractivity contribution in [2.45, 2.75) is 39.2 Å². The lowest BCUT2D eigenvalue weighted by Crippen LogP contribution is -2.24. The fourth-order valence-electron chi connectivity index (χ4n) is 1.40. The topological polar surface area (TPSA) is 59.4 Å². The molecule has 0 radical (unpaired) electrons. The van der Waals surface area contributed by atoms with Crippen LogP contribution in [0.3, 0.4) is 0 Å². The first-order valence-corrected chi connectivity index (χ1v) is 6.26. The standard InChI is InChI=1S/C11H17NO3S/c1-3-4-9(11(13)14)15-6-5-10-8(2)12-7-16-10/h7,9H,3-6H2,1-2H3,(H,13,14). The third-order valence-corrected chi connectivity index (χ3v) is 3.31. The highest BCUT2D eigenvalue weighted by atomic mass is 32.1. The highest BCUT2D eigenvalue weighted by molar-refractivity contribution is 7.09. The fourth-order valence-corrected chi connectivity index (χ4v) is 2.16. The van der Waals surface area contributed by atoms with Crippen LogP contribution in [0.25, 0.3) is 0 Å². The van der Waals surface area contributed by atoms with Gasteiger partial charge >= 0.3 is 5.97 Å². The van der Waals surface area contributed by atoms with E-state index in [9.17, 15) is 4.79 Å². The Morgan fingerprint density at radius 3 is 2.94 bits per heavy atom. The molecule has 0 spiro atoms. The molecule has 90 valence electrons. The molecule has 1 aromatic rings. The second kappa shape index (κ2) is 6.60. The summed E-state index contributed by atoms with van der Waals surface area (Å²) in [5.74, 6) is -0.872. The average molecular weight is 243 g/mol. The average Bonchev–Trinajstić information content (AvgIpc) is 2.63. The zero-order chi connectivity index (χ0) is 12.0. The van der Waals surface area contributed by atoms with Crippen LogP contribution in [-0.2, 0) is 16.0 Å². The zero-order valence-electron chi connectivity index (χ0n) is 9.60. The minimum Gasteiger partial charge on any atom is -0.479 e. The number of aromatic nitrogens is 1. The molecular formula is C11H17NO3S. The molecule has 0 aromatic carbocycles. The van der Waals surface area contributed by atoms with E-state index in [1.54, 1.807) is 16.8 Å². The maximum Gasteiger partial charge on any atom is 0.332 e. The molecule has 0 amide bonds. The molecule has 0 bridgehead atoms. The van der Waals surface area contributed by atoms with Gasteiger partial charge in [0.05, 0.1) is 17.8 Å². The van der Waals surface area contributed by atoms with Crippen molar-refractivity contribution in [2.24, 2.45) is 0 Å². The monoisotopic (exact) mass is 243 g/mol. The summed E-state index contributed by atoms with van der Waals surface area (Å²) in [6.45, 7) is 4.35. The molecule has 0 saturated heterocycles. The molecule has 1 rings (SSSR count). The maximum atomic E-state index is 10.8. The predicted molar refractivity (Wildman–Crippen MR) is 62.8 cm³/mol. The Morgan fingerprint density at radius 2 is 2.44 bits per heavy atom. The SMILES string of the molecule is CCCC(OCCc1scnc1C)C(=O)O. The van der Waals surface area contributed by atoms with Crippen molar-refractivity contribution in [2.75, 3.05) is 6.61 Å². The number of carbonyl (C=O) groups is 1. The van der Waals surface area contributed by atoms with Crippen LogP contribution < -0.4 is 0 Å². The predicted octanol–water partition coefficient (Wildman–Crippen LogP) is 2.26. The number of hydrogen-bond acceptors (Lipinski definition) is 4. The quantitative estimate of drug-likeness (QED) is 0.798. The lowest BCUT2D eigenvalue weighted by molar-refractivity contribution is -0.150. The van der Waals surface area contributed by atoms with E-state index in [-0.39, 0.29) is 0 Å². The summed E-state index contributed by atoms with van der Waals surface area (Å²) >= 11 is 1.58. The molecule has 0 aliphatic heterocycles. The van der Waals surface area contributed by atoms with Crippen LogP contribution in [-0.4, -0.2) is 28.8 Å². The molecule has 0 fully saturated rings. The van der Waals surface area contributed by atoms with Crippen molar-refractivity contribution in [3.05, 3.63) is 16.1 Å². The van der Waals surface area contributed by atoms with Crippen LogP contribution in [0.4, 0.5) is 0 Å². The number of nitrogens with zero attached hydrogens (tertiary/aromatic N) is 1.